The van der Waals surface area contributed by atoms with Crippen LogP contribution in [0.3, 0.4) is 0 Å². The third-order valence-corrected chi connectivity index (χ3v) is 4.73. The van der Waals surface area contributed by atoms with Gasteiger partial charge < -0.3 is 18.3 Å². The van der Waals surface area contributed by atoms with Crippen molar-refractivity contribution in [1.82, 2.24) is 0 Å². The number of ether oxygens (including phenoxy) is 2. The molecule has 30 heavy (non-hydrogen) atoms. The van der Waals surface area contributed by atoms with Crippen LogP contribution in [0.1, 0.15) is 26.7 Å². The fourth-order valence-electron chi connectivity index (χ4n) is 1.51. The van der Waals surface area contributed by atoms with Gasteiger partial charge in [-0.1, -0.05) is 0 Å². The number of allylic oxidation sites excluding steroid dienone is 6. The number of hydrogen-bond donors (Lipinski definition) is 0. The van der Waals surface area contributed by atoms with Gasteiger partial charge in [-0.2, -0.15) is 12.2 Å². The van der Waals surface area contributed by atoms with Crippen LogP contribution in [0.5, 0.6) is 0 Å². The van der Waals surface area contributed by atoms with Gasteiger partial charge in [-0.3, -0.25) is 12.2 Å². The minimum Gasteiger partial charge on any atom is -0.559 e. The quantitative estimate of drug-likeness (QED) is 0.189. The normalized spacial score (nSPS) is 14.1. The first-order valence-corrected chi connectivity index (χ1v) is 17.5. The van der Waals surface area contributed by atoms with Gasteiger partial charge >= 0.3 is 41.3 Å². The number of rotatable bonds is 8. The fourth-order valence-corrected chi connectivity index (χ4v) is 2.33. The monoisotopic (exact) mass is 570 g/mol. The van der Waals surface area contributed by atoms with E-state index in [-0.39, 0.29) is 24.8 Å². The molecule has 0 saturated carbocycles. The molecule has 2 aliphatic rings. The summed E-state index contributed by atoms with van der Waals surface area (Å²) in [6.45, 7) is 17.8. The molecule has 0 aromatic carbocycles. The fraction of sp³-hybridized carbons (Fsp3) is 0.571. The largest absolute Gasteiger partial charge is 0.559 e. The summed E-state index contributed by atoms with van der Waals surface area (Å²) >= 11 is 1.55. The van der Waals surface area contributed by atoms with Crippen molar-refractivity contribution in [2.24, 2.45) is 0 Å². The Morgan fingerprint density at radius 3 is 1.30 bits per heavy atom. The summed E-state index contributed by atoms with van der Waals surface area (Å²) in [5.74, 6) is 1.77. The molecular formula is C21H38Cl2O4Si2Zr. The second kappa shape index (κ2) is 18.8. The van der Waals surface area contributed by atoms with Crippen LogP contribution in [0.25, 0.3) is 0 Å². The van der Waals surface area contributed by atoms with Crippen LogP contribution >= 0.6 is 24.8 Å². The van der Waals surface area contributed by atoms with Gasteiger partial charge in [-0.15, -0.1) is 49.8 Å². The Morgan fingerprint density at radius 1 is 0.800 bits per heavy atom. The van der Waals surface area contributed by atoms with Crippen molar-refractivity contribution in [3.63, 3.8) is 0 Å². The van der Waals surface area contributed by atoms with E-state index in [2.05, 4.69) is 65.3 Å². The average molecular weight is 573 g/mol. The van der Waals surface area contributed by atoms with Crippen LogP contribution in [0, 0.1) is 12.2 Å². The van der Waals surface area contributed by atoms with Gasteiger partial charge in [0.05, 0.1) is 0 Å². The Morgan fingerprint density at radius 2 is 1.10 bits per heavy atom. The van der Waals surface area contributed by atoms with E-state index in [1.807, 2.05) is 24.3 Å². The Bertz CT molecular complexity index is 543. The average Bonchev–Trinajstić information content (AvgIpc) is 3.18. The molecule has 0 unspecified atom stereocenters. The topological polar surface area (TPSA) is 36.9 Å². The summed E-state index contributed by atoms with van der Waals surface area (Å²) in [7, 11) is -2.83. The van der Waals surface area contributed by atoms with E-state index in [1.165, 1.54) is 3.21 Å². The number of hydrogen-bond acceptors (Lipinski definition) is 4. The van der Waals surface area contributed by atoms with Crippen LogP contribution in [0.2, 0.25) is 39.3 Å². The van der Waals surface area contributed by atoms with E-state index in [0.29, 0.717) is 13.6 Å². The second-order valence-electron chi connectivity index (χ2n) is 8.36. The van der Waals surface area contributed by atoms with Crippen LogP contribution in [-0.2, 0) is 42.6 Å². The predicted molar refractivity (Wildman–Crippen MR) is 133 cm³/mol. The molecule has 0 aliphatic heterocycles. The van der Waals surface area contributed by atoms with Crippen molar-refractivity contribution in [2.45, 2.75) is 66.0 Å². The Balaban J connectivity index is -0.000000391. The zero-order valence-electron chi connectivity index (χ0n) is 19.6. The molecule has 0 radical (unpaired) electrons. The molecule has 2 aliphatic carbocycles. The zero-order chi connectivity index (χ0) is 21.6. The molecule has 0 amide bonds. The smallest absolute Gasteiger partial charge is 0.188 e. The molecule has 0 spiro atoms. The second-order valence-corrected chi connectivity index (χ2v) is 19.8. The van der Waals surface area contributed by atoms with Gasteiger partial charge in [0.1, 0.15) is 0 Å². The Kier molecular flexibility index (Phi) is 21.8. The molecular weight excluding hydrogens is 535 g/mol. The molecule has 0 heterocycles. The Hall–Kier alpha value is 0.247. The molecule has 0 aromatic rings. The molecule has 2 rings (SSSR count). The first kappa shape index (κ1) is 34.9. The summed E-state index contributed by atoms with van der Waals surface area (Å²) in [5.41, 5.74) is 0. The summed E-state index contributed by atoms with van der Waals surface area (Å²) in [4.78, 5) is 0. The zero-order valence-corrected chi connectivity index (χ0v) is 25.7. The van der Waals surface area contributed by atoms with Crippen molar-refractivity contribution < 1.29 is 42.6 Å². The molecule has 0 fully saturated rings. The maximum absolute atomic E-state index is 5.52. The third kappa shape index (κ3) is 26.3. The van der Waals surface area contributed by atoms with E-state index in [1.54, 1.807) is 24.2 Å². The van der Waals surface area contributed by atoms with Crippen LogP contribution in [-0.4, -0.2) is 33.4 Å². The first-order valence-electron chi connectivity index (χ1n) is 9.48. The summed E-state index contributed by atoms with van der Waals surface area (Å²) in [5, 5.41) is 0. The predicted octanol–water partition coefficient (Wildman–Crippen LogP) is 6.51. The molecule has 0 aromatic heterocycles. The first-order chi connectivity index (χ1) is 12.9. The van der Waals surface area contributed by atoms with Crippen molar-refractivity contribution in [3.05, 3.63) is 48.0 Å². The van der Waals surface area contributed by atoms with Crippen molar-refractivity contribution in [1.29, 1.82) is 0 Å². The maximum Gasteiger partial charge on any atom is 0.188 e. The molecule has 0 N–H and O–H groups in total. The van der Waals surface area contributed by atoms with E-state index < -0.39 is 16.6 Å². The summed E-state index contributed by atoms with van der Waals surface area (Å²) in [6, 6.07) is 0. The van der Waals surface area contributed by atoms with E-state index in [4.69, 9.17) is 18.3 Å². The molecule has 172 valence electrons. The molecule has 0 atom stereocenters. The molecule has 0 saturated heterocycles. The molecule has 4 nitrogen and oxygen atoms in total. The van der Waals surface area contributed by atoms with Gasteiger partial charge in [-0.05, 0) is 50.8 Å². The van der Waals surface area contributed by atoms with Crippen LogP contribution < -0.4 is 0 Å². The minimum absolute atomic E-state index is 0. The van der Waals surface area contributed by atoms with Gasteiger partial charge in [0.15, 0.2) is 30.2 Å². The third-order valence-electron chi connectivity index (χ3n) is 2.77. The van der Waals surface area contributed by atoms with Crippen molar-refractivity contribution in [2.75, 3.05) is 13.6 Å². The van der Waals surface area contributed by atoms with Crippen molar-refractivity contribution >= 4 is 44.7 Å². The summed E-state index contributed by atoms with van der Waals surface area (Å²) < 4.78 is 23.2. The van der Waals surface area contributed by atoms with Gasteiger partial charge in [0.25, 0.3) is 0 Å². The van der Waals surface area contributed by atoms with Gasteiger partial charge in [0.2, 0.25) is 0 Å². The summed E-state index contributed by atoms with van der Waals surface area (Å²) in [6.07, 6.45) is 15.5. The maximum atomic E-state index is 5.52. The molecule has 9 heteroatoms. The standard InChI is InChI=1S/2C9H15O2Si.C3H6.2ClH.Zr/c2*1-12(2,3)11-8-10-9-6-4-5-7-9;1-3-2;;;/h2*6-7H,4,8H2,1-3H3;1-2H3;2*1H;/q2*-1;;;;+2. The Labute approximate surface area is 213 Å². The van der Waals surface area contributed by atoms with E-state index >= 15 is 0 Å². The van der Waals surface area contributed by atoms with E-state index in [9.17, 15) is 0 Å². The van der Waals surface area contributed by atoms with E-state index in [0.717, 1.165) is 24.4 Å². The van der Waals surface area contributed by atoms with Gasteiger partial charge in [0, 0.05) is 0 Å². The molecule has 0 bridgehead atoms. The SMILES string of the molecule is C[C](C)=[Zr+2].C[Si](C)(C)OCOC1=CC[C-]=C1.C[Si](C)(C)OCOC1=CC[C-]=C1.Cl.Cl. The van der Waals surface area contributed by atoms with Crippen molar-refractivity contribution in [3.8, 4) is 0 Å². The van der Waals surface area contributed by atoms with Gasteiger partial charge in [-0.25, -0.2) is 0 Å². The van der Waals surface area contributed by atoms with Crippen LogP contribution in [0.15, 0.2) is 35.8 Å². The minimum atomic E-state index is -1.42. The van der Waals surface area contributed by atoms with Crippen LogP contribution in [0.4, 0.5) is 0 Å². The number of halogens is 2.